The average Bonchev–Trinajstić information content (AvgIpc) is 2.33. The molecule has 1 aromatic rings. The first-order chi connectivity index (χ1) is 8.13. The molecule has 1 aliphatic heterocycles. The van der Waals surface area contributed by atoms with Crippen LogP contribution in [0.15, 0.2) is 18.2 Å². The second kappa shape index (κ2) is 5.20. The van der Waals surface area contributed by atoms with Gasteiger partial charge in [-0.25, -0.2) is 0 Å². The zero-order valence-corrected chi connectivity index (χ0v) is 11.6. The molecular formula is C13H15ClN2S. The Morgan fingerprint density at radius 2 is 2.24 bits per heavy atom. The van der Waals surface area contributed by atoms with Gasteiger partial charge in [0.15, 0.2) is 0 Å². The number of anilines is 1. The molecule has 0 saturated carbocycles. The van der Waals surface area contributed by atoms with E-state index in [2.05, 4.69) is 24.8 Å². The van der Waals surface area contributed by atoms with Crippen LogP contribution in [-0.2, 0) is 0 Å². The van der Waals surface area contributed by atoms with Crippen LogP contribution in [0.5, 0.6) is 0 Å². The first kappa shape index (κ1) is 12.6. The van der Waals surface area contributed by atoms with Crippen molar-refractivity contribution in [3.63, 3.8) is 0 Å². The van der Waals surface area contributed by atoms with E-state index in [1.54, 1.807) is 6.07 Å². The summed E-state index contributed by atoms with van der Waals surface area (Å²) in [4.78, 5) is 2.34. The van der Waals surface area contributed by atoms with Crippen molar-refractivity contribution in [3.8, 4) is 6.07 Å². The average molecular weight is 267 g/mol. The van der Waals surface area contributed by atoms with Crippen molar-refractivity contribution in [1.82, 2.24) is 0 Å². The van der Waals surface area contributed by atoms with Gasteiger partial charge in [-0.15, -0.1) is 0 Å². The predicted octanol–water partition coefficient (Wildman–Crippen LogP) is 3.54. The van der Waals surface area contributed by atoms with Crippen molar-refractivity contribution in [2.45, 2.75) is 25.1 Å². The third-order valence-electron chi connectivity index (χ3n) is 3.27. The van der Waals surface area contributed by atoms with Gasteiger partial charge < -0.3 is 4.90 Å². The second-order valence-electron chi connectivity index (χ2n) is 4.29. The van der Waals surface area contributed by atoms with Crippen LogP contribution in [0.3, 0.4) is 0 Å². The number of benzene rings is 1. The minimum absolute atomic E-state index is 0.471. The van der Waals surface area contributed by atoms with Crippen molar-refractivity contribution >= 4 is 29.1 Å². The molecule has 1 aromatic carbocycles. The van der Waals surface area contributed by atoms with E-state index < -0.39 is 0 Å². The molecule has 2 nitrogen and oxygen atoms in total. The molecule has 0 radical (unpaired) electrons. The van der Waals surface area contributed by atoms with Crippen LogP contribution >= 0.6 is 23.4 Å². The lowest BCUT2D eigenvalue weighted by molar-refractivity contribution is 0.627. The number of rotatable bonds is 1. The maximum absolute atomic E-state index is 8.83. The first-order valence-electron chi connectivity index (χ1n) is 5.71. The molecule has 2 atom stereocenters. The van der Waals surface area contributed by atoms with Gasteiger partial charge in [-0.3, -0.25) is 0 Å². The van der Waals surface area contributed by atoms with Crippen molar-refractivity contribution in [2.24, 2.45) is 0 Å². The molecule has 4 heteroatoms. The normalized spacial score (nSPS) is 24.5. The molecule has 0 N–H and O–H groups in total. The summed E-state index contributed by atoms with van der Waals surface area (Å²) in [5.41, 5.74) is 1.66. The molecule has 0 amide bonds. The van der Waals surface area contributed by atoms with E-state index in [1.165, 1.54) is 0 Å². The van der Waals surface area contributed by atoms with E-state index in [4.69, 9.17) is 16.9 Å². The van der Waals surface area contributed by atoms with Crippen molar-refractivity contribution in [2.75, 3.05) is 17.2 Å². The molecule has 1 aliphatic rings. The Morgan fingerprint density at radius 1 is 1.47 bits per heavy atom. The number of nitriles is 1. The summed E-state index contributed by atoms with van der Waals surface area (Å²) in [5.74, 6) is 1.13. The highest BCUT2D eigenvalue weighted by molar-refractivity contribution is 8.00. The van der Waals surface area contributed by atoms with Crippen LogP contribution in [0, 0.1) is 11.3 Å². The summed E-state index contributed by atoms with van der Waals surface area (Å²) in [5, 5.41) is 10.1. The van der Waals surface area contributed by atoms with Crippen molar-refractivity contribution in [1.29, 1.82) is 5.26 Å². The molecule has 2 unspecified atom stereocenters. The maximum Gasteiger partial charge on any atom is 0.0992 e. The molecule has 0 aromatic heterocycles. The fourth-order valence-electron chi connectivity index (χ4n) is 2.08. The lowest BCUT2D eigenvalue weighted by Crippen LogP contribution is -2.44. The third kappa shape index (κ3) is 2.53. The van der Waals surface area contributed by atoms with E-state index in [0.29, 0.717) is 21.9 Å². The monoisotopic (exact) mass is 266 g/mol. The Balaban J connectivity index is 2.31. The van der Waals surface area contributed by atoms with Gasteiger partial charge >= 0.3 is 0 Å². The molecule has 1 saturated heterocycles. The lowest BCUT2D eigenvalue weighted by Gasteiger charge is -2.39. The SMILES string of the molecule is CC1SCCN(c2ccc(C#N)cc2Cl)C1C. The van der Waals surface area contributed by atoms with Crippen LogP contribution in [0.2, 0.25) is 5.02 Å². The number of hydrogen-bond acceptors (Lipinski definition) is 3. The standard InChI is InChI=1S/C13H15ClN2S/c1-9-10(2)17-6-5-16(9)13-4-3-11(8-15)7-12(13)14/h3-4,7,9-10H,5-6H2,1-2H3. The third-order valence-corrected chi connectivity index (χ3v) is 4.91. The number of hydrogen-bond donors (Lipinski definition) is 0. The Morgan fingerprint density at radius 3 is 2.88 bits per heavy atom. The molecular weight excluding hydrogens is 252 g/mol. The van der Waals surface area contributed by atoms with Crippen LogP contribution < -0.4 is 4.90 Å². The van der Waals surface area contributed by atoms with Crippen molar-refractivity contribution < 1.29 is 0 Å². The van der Waals surface area contributed by atoms with Gasteiger partial charge in [0.05, 0.1) is 22.3 Å². The van der Waals surface area contributed by atoms with Gasteiger partial charge in [-0.2, -0.15) is 17.0 Å². The van der Waals surface area contributed by atoms with E-state index in [0.717, 1.165) is 18.0 Å². The summed E-state index contributed by atoms with van der Waals surface area (Å²) in [7, 11) is 0. The molecule has 2 rings (SSSR count). The predicted molar refractivity (Wildman–Crippen MR) is 74.9 cm³/mol. The van der Waals surface area contributed by atoms with Gasteiger partial charge in [0, 0.05) is 23.6 Å². The van der Waals surface area contributed by atoms with Crippen LogP contribution in [0.25, 0.3) is 0 Å². The van der Waals surface area contributed by atoms with Crippen molar-refractivity contribution in [3.05, 3.63) is 28.8 Å². The number of nitrogens with zero attached hydrogens (tertiary/aromatic N) is 2. The van der Waals surface area contributed by atoms with E-state index in [1.807, 2.05) is 23.9 Å². The molecule has 1 fully saturated rings. The van der Waals surface area contributed by atoms with Crippen LogP contribution in [0.1, 0.15) is 19.4 Å². The molecule has 17 heavy (non-hydrogen) atoms. The number of halogens is 1. The molecule has 90 valence electrons. The molecule has 0 aliphatic carbocycles. The summed E-state index contributed by atoms with van der Waals surface area (Å²) in [6.45, 7) is 5.49. The van der Waals surface area contributed by atoms with Crippen LogP contribution in [-0.4, -0.2) is 23.6 Å². The highest BCUT2D eigenvalue weighted by Gasteiger charge is 2.26. The van der Waals surface area contributed by atoms with E-state index in [9.17, 15) is 0 Å². The summed E-state index contributed by atoms with van der Waals surface area (Å²) in [6.07, 6.45) is 0. The van der Waals surface area contributed by atoms with Gasteiger partial charge in [0.2, 0.25) is 0 Å². The van der Waals surface area contributed by atoms with E-state index in [-0.39, 0.29) is 0 Å². The quantitative estimate of drug-likeness (QED) is 0.778. The minimum atomic E-state index is 0.471. The topological polar surface area (TPSA) is 27.0 Å². The lowest BCUT2D eigenvalue weighted by atomic mass is 10.1. The van der Waals surface area contributed by atoms with E-state index >= 15 is 0 Å². The summed E-state index contributed by atoms with van der Waals surface area (Å²) < 4.78 is 0. The highest BCUT2D eigenvalue weighted by Crippen LogP contribution is 2.33. The summed E-state index contributed by atoms with van der Waals surface area (Å²) in [6, 6.07) is 8.12. The fourth-order valence-corrected chi connectivity index (χ4v) is 3.47. The minimum Gasteiger partial charge on any atom is -0.366 e. The maximum atomic E-state index is 8.83. The number of thioether (sulfide) groups is 1. The summed E-state index contributed by atoms with van der Waals surface area (Å²) >= 11 is 8.26. The van der Waals surface area contributed by atoms with Gasteiger partial charge in [0.1, 0.15) is 0 Å². The highest BCUT2D eigenvalue weighted by atomic mass is 35.5. The molecule has 1 heterocycles. The molecule has 0 spiro atoms. The Labute approximate surface area is 112 Å². The Hall–Kier alpha value is -0.850. The Kier molecular flexibility index (Phi) is 3.86. The fraction of sp³-hybridized carbons (Fsp3) is 0.462. The zero-order valence-electron chi connectivity index (χ0n) is 9.98. The Bertz CT molecular complexity index is 455. The molecule has 0 bridgehead atoms. The second-order valence-corrected chi connectivity index (χ2v) is 6.18. The largest absolute Gasteiger partial charge is 0.366 e. The van der Waals surface area contributed by atoms with Gasteiger partial charge in [-0.1, -0.05) is 18.5 Å². The first-order valence-corrected chi connectivity index (χ1v) is 7.14. The van der Waals surface area contributed by atoms with Crippen LogP contribution in [0.4, 0.5) is 5.69 Å². The van der Waals surface area contributed by atoms with Gasteiger partial charge in [-0.05, 0) is 25.1 Å². The van der Waals surface area contributed by atoms with Gasteiger partial charge in [0.25, 0.3) is 0 Å². The smallest absolute Gasteiger partial charge is 0.0992 e. The zero-order chi connectivity index (χ0) is 12.4.